The smallest absolute Gasteiger partial charge is 0.153 e. The fourth-order valence-electron chi connectivity index (χ4n) is 1.66. The molecular weight excluding hydrogens is 314 g/mol. The number of hydrogen-bond donors (Lipinski definition) is 2. The molecule has 0 unspecified atom stereocenters. The molecule has 94 valence electrons. The number of nitrogens with two attached hydrogens (primary N) is 1. The molecule has 0 atom stereocenters. The van der Waals surface area contributed by atoms with Crippen molar-refractivity contribution in [3.8, 4) is 0 Å². The van der Waals surface area contributed by atoms with Crippen molar-refractivity contribution >= 4 is 44.7 Å². The van der Waals surface area contributed by atoms with Gasteiger partial charge in [0.15, 0.2) is 5.82 Å². The average Bonchev–Trinajstić information content (AvgIpc) is 2.34. The van der Waals surface area contributed by atoms with Gasteiger partial charge in [0.25, 0.3) is 0 Å². The maximum absolute atomic E-state index is 5.87. The molecule has 3 nitrogen and oxygen atoms in total. The van der Waals surface area contributed by atoms with Gasteiger partial charge >= 0.3 is 0 Å². The summed E-state index contributed by atoms with van der Waals surface area (Å²) in [7, 11) is 0. The van der Waals surface area contributed by atoms with Crippen molar-refractivity contribution in [1.29, 1.82) is 0 Å². The van der Waals surface area contributed by atoms with Gasteiger partial charge in [-0.25, -0.2) is 4.98 Å². The molecule has 0 aliphatic rings. The van der Waals surface area contributed by atoms with E-state index >= 15 is 0 Å². The highest BCUT2D eigenvalue weighted by Gasteiger charge is 2.06. The summed E-state index contributed by atoms with van der Waals surface area (Å²) < 4.78 is 1.06. The van der Waals surface area contributed by atoms with Gasteiger partial charge in [-0.3, -0.25) is 0 Å². The minimum Gasteiger partial charge on any atom is -0.396 e. The van der Waals surface area contributed by atoms with Gasteiger partial charge in [-0.1, -0.05) is 34.5 Å². The van der Waals surface area contributed by atoms with E-state index in [9.17, 15) is 0 Å². The Labute approximate surface area is 119 Å². The van der Waals surface area contributed by atoms with Gasteiger partial charge < -0.3 is 11.1 Å². The second-order valence-corrected chi connectivity index (χ2v) is 5.22. The summed E-state index contributed by atoms with van der Waals surface area (Å²) in [5, 5.41) is 3.76. The Kier molecular flexibility index (Phi) is 4.09. The van der Waals surface area contributed by atoms with Gasteiger partial charge in [-0.15, -0.1) is 0 Å². The molecule has 0 aliphatic heterocycles. The van der Waals surface area contributed by atoms with E-state index in [4.69, 9.17) is 17.3 Å². The van der Waals surface area contributed by atoms with Gasteiger partial charge in [0, 0.05) is 16.4 Å². The Balaban J connectivity index is 2.33. The molecule has 2 rings (SSSR count). The highest BCUT2D eigenvalue weighted by molar-refractivity contribution is 9.10. The van der Waals surface area contributed by atoms with Crippen molar-refractivity contribution < 1.29 is 0 Å². The normalized spacial score (nSPS) is 10.4. The Hall–Kier alpha value is -1.26. The molecule has 0 spiro atoms. The van der Waals surface area contributed by atoms with Gasteiger partial charge in [0.2, 0.25) is 0 Å². The first kappa shape index (κ1) is 13.2. The summed E-state index contributed by atoms with van der Waals surface area (Å²) in [6.07, 6.45) is 2.50. The number of pyridine rings is 1. The lowest BCUT2D eigenvalue weighted by molar-refractivity contribution is 1.13. The molecule has 1 aromatic carbocycles. The average molecular weight is 327 g/mol. The molecule has 0 radical (unpaired) electrons. The van der Waals surface area contributed by atoms with Crippen molar-refractivity contribution in [2.75, 3.05) is 11.1 Å². The number of benzene rings is 1. The van der Waals surface area contributed by atoms with Crippen LogP contribution in [0.5, 0.6) is 0 Å². The zero-order valence-electron chi connectivity index (χ0n) is 9.87. The van der Waals surface area contributed by atoms with Crippen LogP contribution in [0, 0.1) is 0 Å². The maximum atomic E-state index is 5.87. The predicted molar refractivity (Wildman–Crippen MR) is 80.5 cm³/mol. The number of anilines is 3. The van der Waals surface area contributed by atoms with Crippen LogP contribution in [0.25, 0.3) is 0 Å². The van der Waals surface area contributed by atoms with Crippen LogP contribution in [0.4, 0.5) is 17.2 Å². The zero-order chi connectivity index (χ0) is 13.1. The quantitative estimate of drug-likeness (QED) is 0.879. The summed E-state index contributed by atoms with van der Waals surface area (Å²) in [6.45, 7) is 2.10. The summed E-state index contributed by atoms with van der Waals surface area (Å²) in [5.41, 5.74) is 8.60. The van der Waals surface area contributed by atoms with E-state index < -0.39 is 0 Å². The van der Waals surface area contributed by atoms with Crippen LogP contribution < -0.4 is 11.1 Å². The van der Waals surface area contributed by atoms with Crippen LogP contribution in [0.15, 0.2) is 34.9 Å². The van der Waals surface area contributed by atoms with Crippen LogP contribution in [0.1, 0.15) is 12.5 Å². The Morgan fingerprint density at radius 1 is 1.39 bits per heavy atom. The summed E-state index contributed by atoms with van der Waals surface area (Å²) in [5.74, 6) is 0.622. The lowest BCUT2D eigenvalue weighted by atomic mass is 10.1. The second-order valence-electron chi connectivity index (χ2n) is 3.87. The molecule has 0 fully saturated rings. The van der Waals surface area contributed by atoms with E-state index in [1.807, 2.05) is 12.1 Å². The van der Waals surface area contributed by atoms with Crippen LogP contribution in [-0.2, 0) is 6.42 Å². The summed E-state index contributed by atoms with van der Waals surface area (Å²) in [6, 6.07) is 7.74. The summed E-state index contributed by atoms with van der Waals surface area (Å²) in [4.78, 5) is 4.19. The minimum atomic E-state index is 0.532. The number of aromatic nitrogens is 1. The van der Waals surface area contributed by atoms with Crippen molar-refractivity contribution in [2.45, 2.75) is 13.3 Å². The molecule has 0 saturated carbocycles. The lowest BCUT2D eigenvalue weighted by Crippen LogP contribution is -2.01. The predicted octanol–water partition coefficient (Wildman–Crippen LogP) is 4.39. The number of hydrogen-bond acceptors (Lipinski definition) is 3. The van der Waals surface area contributed by atoms with E-state index in [1.165, 1.54) is 5.56 Å². The monoisotopic (exact) mass is 325 g/mol. The van der Waals surface area contributed by atoms with Crippen LogP contribution in [0.3, 0.4) is 0 Å². The number of nitrogen functional groups attached to an aromatic ring is 1. The number of halogens is 2. The third-order valence-corrected chi connectivity index (χ3v) is 3.29. The Morgan fingerprint density at radius 3 is 2.83 bits per heavy atom. The fraction of sp³-hybridized carbons (Fsp3) is 0.154. The topological polar surface area (TPSA) is 50.9 Å². The van der Waals surface area contributed by atoms with Crippen molar-refractivity contribution in [3.05, 3.63) is 45.5 Å². The maximum Gasteiger partial charge on any atom is 0.153 e. The highest BCUT2D eigenvalue weighted by atomic mass is 79.9. The van der Waals surface area contributed by atoms with Gasteiger partial charge in [-0.05, 0) is 36.2 Å². The molecular formula is C13H13BrClN3. The van der Waals surface area contributed by atoms with Crippen molar-refractivity contribution in [3.63, 3.8) is 0 Å². The molecule has 0 saturated heterocycles. The first-order valence-corrected chi connectivity index (χ1v) is 6.73. The molecule has 0 bridgehead atoms. The van der Waals surface area contributed by atoms with Gasteiger partial charge in [-0.2, -0.15) is 0 Å². The van der Waals surface area contributed by atoms with Crippen LogP contribution in [-0.4, -0.2) is 4.98 Å². The van der Waals surface area contributed by atoms with E-state index in [2.05, 4.69) is 39.2 Å². The first-order chi connectivity index (χ1) is 8.60. The molecule has 18 heavy (non-hydrogen) atoms. The number of aryl methyl sites for hydroxylation is 1. The molecule has 2 aromatic rings. The largest absolute Gasteiger partial charge is 0.396 e. The standard InChI is InChI=1S/C13H13BrClN3/c1-2-8-5-9(14)3-4-12(8)18-13-11(16)6-10(15)7-17-13/h3-7H,2,16H2,1H3,(H,17,18). The van der Waals surface area contributed by atoms with Crippen LogP contribution >= 0.6 is 27.5 Å². The number of nitrogens with zero attached hydrogens (tertiary/aromatic N) is 1. The van der Waals surface area contributed by atoms with E-state index in [0.717, 1.165) is 16.6 Å². The summed E-state index contributed by atoms with van der Waals surface area (Å²) >= 11 is 9.28. The fourth-order valence-corrected chi connectivity index (χ4v) is 2.24. The minimum absolute atomic E-state index is 0.532. The van der Waals surface area contributed by atoms with E-state index in [1.54, 1.807) is 12.3 Å². The molecule has 1 heterocycles. The second kappa shape index (κ2) is 5.59. The van der Waals surface area contributed by atoms with Gasteiger partial charge in [0.1, 0.15) is 0 Å². The van der Waals surface area contributed by atoms with Crippen molar-refractivity contribution in [1.82, 2.24) is 4.98 Å². The lowest BCUT2D eigenvalue weighted by Gasteiger charge is -2.12. The van der Waals surface area contributed by atoms with E-state index in [-0.39, 0.29) is 0 Å². The molecule has 0 amide bonds. The first-order valence-electron chi connectivity index (χ1n) is 5.56. The number of nitrogens with one attached hydrogen (secondary N) is 1. The van der Waals surface area contributed by atoms with E-state index in [0.29, 0.717) is 16.5 Å². The molecule has 3 N–H and O–H groups in total. The van der Waals surface area contributed by atoms with Crippen molar-refractivity contribution in [2.24, 2.45) is 0 Å². The number of rotatable bonds is 3. The Bertz CT molecular complexity index is 572. The zero-order valence-corrected chi connectivity index (χ0v) is 12.2. The van der Waals surface area contributed by atoms with Gasteiger partial charge in [0.05, 0.1) is 10.7 Å². The Morgan fingerprint density at radius 2 is 2.17 bits per heavy atom. The SMILES string of the molecule is CCc1cc(Br)ccc1Nc1ncc(Cl)cc1N. The molecule has 5 heteroatoms. The third-order valence-electron chi connectivity index (χ3n) is 2.59. The molecule has 1 aromatic heterocycles. The highest BCUT2D eigenvalue weighted by Crippen LogP contribution is 2.27. The third kappa shape index (κ3) is 2.94. The molecule has 0 aliphatic carbocycles. The van der Waals surface area contributed by atoms with Crippen LogP contribution in [0.2, 0.25) is 5.02 Å².